The van der Waals surface area contributed by atoms with Crippen LogP contribution in [0.2, 0.25) is 0 Å². The minimum absolute atomic E-state index is 0.235. The molecule has 2 aromatic carbocycles. The lowest BCUT2D eigenvalue weighted by Gasteiger charge is -2.12. The van der Waals surface area contributed by atoms with Crippen LogP contribution in [0, 0.1) is 6.92 Å². The van der Waals surface area contributed by atoms with Crippen molar-refractivity contribution in [1.82, 2.24) is 0 Å². The molecular weight excluding hydrogens is 322 g/mol. The van der Waals surface area contributed by atoms with Crippen LogP contribution in [0.15, 0.2) is 59.5 Å². The van der Waals surface area contributed by atoms with Crippen LogP contribution in [0.25, 0.3) is 0 Å². The predicted molar refractivity (Wildman–Crippen MR) is 94.7 cm³/mol. The Morgan fingerprint density at radius 2 is 1.71 bits per heavy atom. The topological polar surface area (TPSA) is 69.4 Å². The summed E-state index contributed by atoms with van der Waals surface area (Å²) < 4.78 is 31.7. The van der Waals surface area contributed by atoms with Crippen molar-refractivity contribution in [2.24, 2.45) is 5.73 Å². The highest BCUT2D eigenvalue weighted by Crippen LogP contribution is 2.55. The summed E-state index contributed by atoms with van der Waals surface area (Å²) in [7, 11) is -3.52. The maximum absolute atomic E-state index is 13.1. The number of aryl methyl sites for hydroxylation is 1. The van der Waals surface area contributed by atoms with Gasteiger partial charge in [-0.05, 0) is 31.5 Å². The highest BCUT2D eigenvalue weighted by atomic mass is 32.2. The van der Waals surface area contributed by atoms with E-state index in [9.17, 15) is 8.42 Å². The fourth-order valence-corrected chi connectivity index (χ4v) is 5.67. The first kappa shape index (κ1) is 17.1. The van der Waals surface area contributed by atoms with E-state index in [4.69, 9.17) is 10.5 Å². The third-order valence-electron chi connectivity index (χ3n) is 4.70. The third-order valence-corrected chi connectivity index (χ3v) is 7.01. The van der Waals surface area contributed by atoms with Gasteiger partial charge in [-0.2, -0.15) is 0 Å². The molecule has 0 aromatic heterocycles. The summed E-state index contributed by atoms with van der Waals surface area (Å²) in [6.07, 6.45) is 0. The lowest BCUT2D eigenvalue weighted by molar-refractivity contribution is 0.125. The lowest BCUT2D eigenvalue weighted by Crippen LogP contribution is -2.36. The molecule has 2 aromatic rings. The molecule has 0 bridgehead atoms. The molecule has 0 heterocycles. The Bertz CT molecular complexity index is 802. The van der Waals surface area contributed by atoms with Crippen molar-refractivity contribution in [3.8, 4) is 0 Å². The van der Waals surface area contributed by atoms with Crippen molar-refractivity contribution < 1.29 is 13.2 Å². The average Bonchev–Trinajstić information content (AvgIpc) is 3.21. The van der Waals surface area contributed by atoms with Crippen molar-refractivity contribution in [2.75, 3.05) is 13.2 Å². The Kier molecular flexibility index (Phi) is 4.51. The molecule has 0 aliphatic heterocycles. The fourth-order valence-electron chi connectivity index (χ4n) is 3.36. The molecule has 128 valence electrons. The minimum atomic E-state index is -3.52. The molecule has 0 radical (unpaired) electrons. The quantitative estimate of drug-likeness (QED) is 0.874. The van der Waals surface area contributed by atoms with E-state index >= 15 is 0 Å². The van der Waals surface area contributed by atoms with E-state index in [0.717, 1.165) is 11.1 Å². The van der Waals surface area contributed by atoms with Gasteiger partial charge in [-0.1, -0.05) is 48.0 Å². The van der Waals surface area contributed by atoms with E-state index in [2.05, 4.69) is 0 Å². The average molecular weight is 345 g/mol. The van der Waals surface area contributed by atoms with E-state index in [-0.39, 0.29) is 12.5 Å². The number of hydrogen-bond acceptors (Lipinski definition) is 4. The Morgan fingerprint density at radius 3 is 2.29 bits per heavy atom. The molecule has 1 aliphatic carbocycles. The molecule has 0 unspecified atom stereocenters. The molecule has 2 N–H and O–H groups in total. The predicted octanol–water partition coefficient (Wildman–Crippen LogP) is 2.67. The molecule has 3 atom stereocenters. The zero-order valence-electron chi connectivity index (χ0n) is 14.0. The van der Waals surface area contributed by atoms with Crippen LogP contribution >= 0.6 is 0 Å². The largest absolute Gasteiger partial charge is 0.380 e. The van der Waals surface area contributed by atoms with Gasteiger partial charge in [-0.15, -0.1) is 0 Å². The summed E-state index contributed by atoms with van der Waals surface area (Å²) >= 11 is 0. The molecule has 1 fully saturated rings. The van der Waals surface area contributed by atoms with E-state index in [1.807, 2.05) is 38.1 Å². The zero-order valence-corrected chi connectivity index (χ0v) is 14.8. The molecule has 0 saturated heterocycles. The van der Waals surface area contributed by atoms with Gasteiger partial charge in [0.05, 0.1) is 22.3 Å². The maximum Gasteiger partial charge on any atom is 0.183 e. The molecule has 1 aliphatic rings. The second-order valence-corrected chi connectivity index (χ2v) is 8.49. The van der Waals surface area contributed by atoms with E-state index in [1.54, 1.807) is 30.3 Å². The maximum atomic E-state index is 13.1. The van der Waals surface area contributed by atoms with Crippen molar-refractivity contribution >= 4 is 9.84 Å². The summed E-state index contributed by atoms with van der Waals surface area (Å²) in [6, 6.07) is 16.4. The third kappa shape index (κ3) is 2.88. The summed E-state index contributed by atoms with van der Waals surface area (Å²) in [5, 5.41) is -0.665. The van der Waals surface area contributed by atoms with Crippen molar-refractivity contribution in [1.29, 1.82) is 0 Å². The Balaban J connectivity index is 1.99. The second kappa shape index (κ2) is 6.31. The molecule has 24 heavy (non-hydrogen) atoms. The highest BCUT2D eigenvalue weighted by Gasteiger charge is 2.69. The van der Waals surface area contributed by atoms with Crippen LogP contribution in [0.5, 0.6) is 0 Å². The first-order valence-corrected chi connectivity index (χ1v) is 9.68. The Hall–Kier alpha value is -1.69. The SMILES string of the molecule is CCOC[C@@]1(N)[C@@H](c2ccc(C)cc2)[C@@H]1S(=O)(=O)c1ccccc1. The molecular formula is C19H23NO3S. The van der Waals surface area contributed by atoms with Gasteiger partial charge < -0.3 is 10.5 Å². The Morgan fingerprint density at radius 1 is 1.08 bits per heavy atom. The molecule has 4 nitrogen and oxygen atoms in total. The normalized spacial score (nSPS) is 26.3. The van der Waals surface area contributed by atoms with Crippen LogP contribution in [-0.4, -0.2) is 32.4 Å². The van der Waals surface area contributed by atoms with Gasteiger partial charge in [-0.3, -0.25) is 0 Å². The number of hydrogen-bond donors (Lipinski definition) is 1. The lowest BCUT2D eigenvalue weighted by atomic mass is 10.1. The van der Waals surface area contributed by atoms with Crippen LogP contribution in [0.4, 0.5) is 0 Å². The van der Waals surface area contributed by atoms with Crippen LogP contribution in [-0.2, 0) is 14.6 Å². The van der Waals surface area contributed by atoms with Gasteiger partial charge in [-0.25, -0.2) is 8.42 Å². The van der Waals surface area contributed by atoms with Gasteiger partial charge in [0.15, 0.2) is 9.84 Å². The molecule has 3 rings (SSSR count). The van der Waals surface area contributed by atoms with E-state index in [0.29, 0.717) is 11.5 Å². The van der Waals surface area contributed by atoms with E-state index < -0.39 is 20.6 Å². The van der Waals surface area contributed by atoms with Crippen molar-refractivity contribution in [2.45, 2.75) is 35.4 Å². The van der Waals surface area contributed by atoms with Crippen LogP contribution < -0.4 is 5.73 Å². The zero-order chi connectivity index (χ0) is 17.4. The second-order valence-electron chi connectivity index (χ2n) is 6.42. The van der Waals surface area contributed by atoms with E-state index in [1.165, 1.54) is 0 Å². The number of benzene rings is 2. The summed E-state index contributed by atoms with van der Waals surface area (Å²) in [6.45, 7) is 4.63. The standard InChI is InChI=1S/C19H23NO3S/c1-3-23-13-19(20)17(15-11-9-14(2)10-12-15)18(19)24(21,22)16-7-5-4-6-8-16/h4-12,17-18H,3,13,20H2,1-2H3/t17-,18-,19+/m0/s1. The number of rotatable bonds is 6. The van der Waals surface area contributed by atoms with Gasteiger partial charge in [0, 0.05) is 12.5 Å². The summed E-state index contributed by atoms with van der Waals surface area (Å²) in [5.41, 5.74) is 7.71. The van der Waals surface area contributed by atoms with Gasteiger partial charge >= 0.3 is 0 Å². The number of sulfone groups is 1. The van der Waals surface area contributed by atoms with Gasteiger partial charge in [0.2, 0.25) is 0 Å². The molecule has 0 amide bonds. The molecule has 5 heteroatoms. The number of ether oxygens (including phenoxy) is 1. The fraction of sp³-hybridized carbons (Fsp3) is 0.368. The number of nitrogens with two attached hydrogens (primary N) is 1. The monoisotopic (exact) mass is 345 g/mol. The summed E-state index contributed by atoms with van der Waals surface area (Å²) in [5.74, 6) is -0.255. The smallest absolute Gasteiger partial charge is 0.183 e. The highest BCUT2D eigenvalue weighted by molar-refractivity contribution is 7.92. The van der Waals surface area contributed by atoms with Crippen LogP contribution in [0.3, 0.4) is 0 Å². The Labute approximate surface area is 143 Å². The van der Waals surface area contributed by atoms with Crippen molar-refractivity contribution in [3.63, 3.8) is 0 Å². The van der Waals surface area contributed by atoms with Crippen molar-refractivity contribution in [3.05, 3.63) is 65.7 Å². The van der Waals surface area contributed by atoms with Crippen LogP contribution in [0.1, 0.15) is 24.0 Å². The first-order chi connectivity index (χ1) is 11.4. The molecule has 1 saturated carbocycles. The first-order valence-electron chi connectivity index (χ1n) is 8.13. The summed E-state index contributed by atoms with van der Waals surface area (Å²) in [4.78, 5) is 0.316. The minimum Gasteiger partial charge on any atom is -0.380 e. The van der Waals surface area contributed by atoms with Gasteiger partial charge in [0.25, 0.3) is 0 Å². The molecule has 0 spiro atoms. The van der Waals surface area contributed by atoms with Gasteiger partial charge in [0.1, 0.15) is 0 Å².